The van der Waals surface area contributed by atoms with E-state index in [1.807, 2.05) is 0 Å². The SMILES string of the molecule is COC1CC(C(C)OC(C)=O)C([N+](=O)[O-])CC1OC. The Morgan fingerprint density at radius 1 is 1.26 bits per heavy atom. The van der Waals surface area contributed by atoms with Crippen LogP contribution in [0.4, 0.5) is 0 Å². The van der Waals surface area contributed by atoms with E-state index < -0.39 is 18.1 Å². The second kappa shape index (κ2) is 6.81. The molecule has 0 aromatic rings. The Hall–Kier alpha value is -1.21. The number of nitro groups is 1. The van der Waals surface area contributed by atoms with Crippen molar-refractivity contribution in [3.63, 3.8) is 0 Å². The standard InChI is InChI=1S/C12H21NO6/c1-7(19-8(2)14)9-5-11(17-3)12(18-4)6-10(9)13(15)16/h7,9-12H,5-6H2,1-4H3. The Labute approximate surface area is 112 Å². The monoisotopic (exact) mass is 275 g/mol. The lowest BCUT2D eigenvalue weighted by atomic mass is 9.78. The van der Waals surface area contributed by atoms with Crippen LogP contribution in [0.3, 0.4) is 0 Å². The van der Waals surface area contributed by atoms with Gasteiger partial charge >= 0.3 is 5.97 Å². The summed E-state index contributed by atoms with van der Waals surface area (Å²) in [6.45, 7) is 2.98. The van der Waals surface area contributed by atoms with Crippen LogP contribution in [-0.4, -0.2) is 49.5 Å². The maximum absolute atomic E-state index is 11.2. The van der Waals surface area contributed by atoms with Crippen molar-refractivity contribution in [1.82, 2.24) is 0 Å². The molecule has 0 radical (unpaired) electrons. The van der Waals surface area contributed by atoms with E-state index in [1.165, 1.54) is 14.0 Å². The maximum Gasteiger partial charge on any atom is 0.302 e. The molecule has 1 rings (SSSR count). The molecule has 0 saturated heterocycles. The topological polar surface area (TPSA) is 87.9 Å². The molecule has 7 heteroatoms. The van der Waals surface area contributed by atoms with Gasteiger partial charge in [-0.3, -0.25) is 14.9 Å². The highest BCUT2D eigenvalue weighted by atomic mass is 16.6. The molecule has 0 bridgehead atoms. The molecule has 0 aliphatic heterocycles. The first kappa shape index (κ1) is 15.8. The average molecular weight is 275 g/mol. The Kier molecular flexibility index (Phi) is 5.68. The van der Waals surface area contributed by atoms with Crippen LogP contribution < -0.4 is 0 Å². The van der Waals surface area contributed by atoms with Crippen molar-refractivity contribution in [2.45, 2.75) is 51.0 Å². The van der Waals surface area contributed by atoms with Gasteiger partial charge in [0.1, 0.15) is 6.10 Å². The van der Waals surface area contributed by atoms with E-state index in [1.54, 1.807) is 14.0 Å². The molecule has 5 unspecified atom stereocenters. The minimum atomic E-state index is -0.786. The number of carbonyl (C=O) groups excluding carboxylic acids is 1. The normalized spacial score (nSPS) is 32.6. The molecule has 5 atom stereocenters. The van der Waals surface area contributed by atoms with Crippen molar-refractivity contribution in [1.29, 1.82) is 0 Å². The Bertz CT molecular complexity index is 334. The third-order valence-electron chi connectivity index (χ3n) is 3.72. The van der Waals surface area contributed by atoms with Crippen molar-refractivity contribution in [2.24, 2.45) is 5.92 Å². The predicted octanol–water partition coefficient (Wildman–Crippen LogP) is 1.02. The predicted molar refractivity (Wildman–Crippen MR) is 66.3 cm³/mol. The summed E-state index contributed by atoms with van der Waals surface area (Å²) in [5.41, 5.74) is 0. The fraction of sp³-hybridized carbons (Fsp3) is 0.917. The first-order chi connectivity index (χ1) is 8.90. The van der Waals surface area contributed by atoms with Gasteiger partial charge in [0.15, 0.2) is 0 Å². The lowest BCUT2D eigenvalue weighted by Gasteiger charge is -2.37. The summed E-state index contributed by atoms with van der Waals surface area (Å²) in [7, 11) is 3.07. The second-order valence-electron chi connectivity index (χ2n) is 4.85. The molecule has 0 spiro atoms. The summed E-state index contributed by atoms with van der Waals surface area (Å²) in [6.07, 6.45) is -0.332. The molecule has 7 nitrogen and oxygen atoms in total. The Morgan fingerprint density at radius 3 is 2.21 bits per heavy atom. The van der Waals surface area contributed by atoms with Crippen molar-refractivity contribution in [2.75, 3.05) is 14.2 Å². The second-order valence-corrected chi connectivity index (χ2v) is 4.85. The molecule has 0 heterocycles. The largest absolute Gasteiger partial charge is 0.462 e. The molecule has 110 valence electrons. The number of nitrogens with zero attached hydrogens (tertiary/aromatic N) is 1. The van der Waals surface area contributed by atoms with Crippen molar-refractivity contribution < 1.29 is 23.9 Å². The summed E-state index contributed by atoms with van der Waals surface area (Å²) < 4.78 is 15.7. The third kappa shape index (κ3) is 3.87. The molecule has 1 aliphatic carbocycles. The molecule has 19 heavy (non-hydrogen) atoms. The van der Waals surface area contributed by atoms with Gasteiger partial charge < -0.3 is 14.2 Å². The molecule has 0 N–H and O–H groups in total. The highest BCUT2D eigenvalue weighted by Gasteiger charge is 2.47. The van der Waals surface area contributed by atoms with Gasteiger partial charge in [0.25, 0.3) is 0 Å². The molecule has 1 fully saturated rings. The number of rotatable bonds is 5. The first-order valence-corrected chi connectivity index (χ1v) is 6.27. The van der Waals surface area contributed by atoms with Crippen molar-refractivity contribution in [3.05, 3.63) is 10.1 Å². The smallest absolute Gasteiger partial charge is 0.302 e. The van der Waals surface area contributed by atoms with Gasteiger partial charge in [0, 0.05) is 32.5 Å². The first-order valence-electron chi connectivity index (χ1n) is 6.27. The van der Waals surface area contributed by atoms with Gasteiger partial charge in [0.2, 0.25) is 6.04 Å². The number of hydrogen-bond acceptors (Lipinski definition) is 6. The molecule has 0 aromatic heterocycles. The molecular formula is C12H21NO6. The Morgan fingerprint density at radius 2 is 1.79 bits per heavy atom. The Balaban J connectivity index is 2.85. The molecule has 0 aromatic carbocycles. The van der Waals surface area contributed by atoms with Crippen LogP contribution in [0.2, 0.25) is 0 Å². The zero-order valence-electron chi connectivity index (χ0n) is 11.7. The van der Waals surface area contributed by atoms with Crippen LogP contribution in [-0.2, 0) is 19.0 Å². The van der Waals surface area contributed by atoms with E-state index in [4.69, 9.17) is 14.2 Å². The molecule has 1 aliphatic rings. The zero-order chi connectivity index (χ0) is 14.6. The van der Waals surface area contributed by atoms with Crippen LogP contribution in [0.25, 0.3) is 0 Å². The zero-order valence-corrected chi connectivity index (χ0v) is 11.7. The maximum atomic E-state index is 11.2. The summed E-state index contributed by atoms with van der Waals surface area (Å²) in [6, 6.07) is -0.786. The van der Waals surface area contributed by atoms with Gasteiger partial charge in [0.05, 0.1) is 18.1 Å². The third-order valence-corrected chi connectivity index (χ3v) is 3.72. The number of carbonyl (C=O) groups is 1. The number of esters is 1. The van der Waals surface area contributed by atoms with Gasteiger partial charge in [-0.25, -0.2) is 0 Å². The van der Waals surface area contributed by atoms with Crippen LogP contribution in [0.15, 0.2) is 0 Å². The quantitative estimate of drug-likeness (QED) is 0.423. The van der Waals surface area contributed by atoms with E-state index >= 15 is 0 Å². The van der Waals surface area contributed by atoms with E-state index in [0.717, 1.165) is 0 Å². The summed E-state index contributed by atoms with van der Waals surface area (Å²) in [5.74, 6) is -0.798. The van der Waals surface area contributed by atoms with Crippen molar-refractivity contribution in [3.8, 4) is 0 Å². The van der Waals surface area contributed by atoms with Gasteiger partial charge in [-0.05, 0) is 13.3 Å². The van der Waals surface area contributed by atoms with Crippen molar-refractivity contribution >= 4 is 5.97 Å². The minimum absolute atomic E-state index is 0.218. The number of ether oxygens (including phenoxy) is 3. The van der Waals surface area contributed by atoms with E-state index in [2.05, 4.69) is 0 Å². The van der Waals surface area contributed by atoms with Gasteiger partial charge in [-0.15, -0.1) is 0 Å². The van der Waals surface area contributed by atoms with Crippen LogP contribution in [0.1, 0.15) is 26.7 Å². The van der Waals surface area contributed by atoms with E-state index in [0.29, 0.717) is 6.42 Å². The molecular weight excluding hydrogens is 254 g/mol. The molecule has 0 amide bonds. The van der Waals surface area contributed by atoms with Crippen LogP contribution in [0, 0.1) is 16.0 Å². The van der Waals surface area contributed by atoms with Gasteiger partial charge in [-0.2, -0.15) is 0 Å². The number of methoxy groups -OCH3 is 2. The lowest BCUT2D eigenvalue weighted by Crippen LogP contribution is -2.50. The highest BCUT2D eigenvalue weighted by Crippen LogP contribution is 2.33. The average Bonchev–Trinajstić information content (AvgIpc) is 2.35. The molecule has 1 saturated carbocycles. The number of hydrogen-bond donors (Lipinski definition) is 0. The fourth-order valence-electron chi connectivity index (χ4n) is 2.73. The van der Waals surface area contributed by atoms with Crippen LogP contribution >= 0.6 is 0 Å². The van der Waals surface area contributed by atoms with E-state index in [9.17, 15) is 14.9 Å². The minimum Gasteiger partial charge on any atom is -0.462 e. The highest BCUT2D eigenvalue weighted by molar-refractivity contribution is 5.66. The lowest BCUT2D eigenvalue weighted by molar-refractivity contribution is -0.541. The van der Waals surface area contributed by atoms with Gasteiger partial charge in [-0.1, -0.05) is 0 Å². The summed E-state index contributed by atoms with van der Waals surface area (Å²) in [5, 5.41) is 11.2. The van der Waals surface area contributed by atoms with E-state index in [-0.39, 0.29) is 29.5 Å². The summed E-state index contributed by atoms with van der Waals surface area (Å²) >= 11 is 0. The summed E-state index contributed by atoms with van der Waals surface area (Å²) in [4.78, 5) is 21.9. The van der Waals surface area contributed by atoms with Crippen LogP contribution in [0.5, 0.6) is 0 Å². The fourth-order valence-corrected chi connectivity index (χ4v) is 2.73.